The quantitative estimate of drug-likeness (QED) is 0.400. The van der Waals surface area contributed by atoms with Gasteiger partial charge in [-0.25, -0.2) is 0 Å². The van der Waals surface area contributed by atoms with Crippen LogP contribution >= 0.6 is 12.2 Å². The zero-order chi connectivity index (χ0) is 21.0. The van der Waals surface area contributed by atoms with Gasteiger partial charge in [0.2, 0.25) is 0 Å². The van der Waals surface area contributed by atoms with Gasteiger partial charge in [-0.3, -0.25) is 25.0 Å². The minimum Gasteiger partial charge on any atom is -0.484 e. The number of nitrogens with one attached hydrogen (secondary N) is 3. The molecule has 7 nitrogen and oxygen atoms in total. The fraction of sp³-hybridized carbons (Fsp3) is 0.143. The van der Waals surface area contributed by atoms with Gasteiger partial charge in [0.25, 0.3) is 17.7 Å². The van der Waals surface area contributed by atoms with E-state index in [1.54, 1.807) is 24.3 Å². The first kappa shape index (κ1) is 20.2. The summed E-state index contributed by atoms with van der Waals surface area (Å²) in [7, 11) is 0. The van der Waals surface area contributed by atoms with Gasteiger partial charge in [-0.2, -0.15) is 0 Å². The summed E-state index contributed by atoms with van der Waals surface area (Å²) in [5, 5.41) is 7.56. The Balaban J connectivity index is 1.59. The number of aryl methyl sites for hydroxylation is 1. The van der Waals surface area contributed by atoms with Crippen LogP contribution in [0.2, 0.25) is 0 Å². The second-order valence-electron chi connectivity index (χ2n) is 6.45. The molecule has 0 saturated carbocycles. The third-order valence-corrected chi connectivity index (χ3v) is 4.59. The Kier molecular flexibility index (Phi) is 6.04. The lowest BCUT2D eigenvalue weighted by molar-refractivity contribution is -0.123. The maximum Gasteiger partial charge on any atom is 0.263 e. The highest BCUT2D eigenvalue weighted by molar-refractivity contribution is 7.80. The molecular formula is C21H19N3O4S. The van der Waals surface area contributed by atoms with Gasteiger partial charge >= 0.3 is 0 Å². The molecule has 1 aliphatic heterocycles. The fourth-order valence-corrected chi connectivity index (χ4v) is 2.84. The number of amides is 3. The molecule has 2 aromatic carbocycles. The molecule has 29 heavy (non-hydrogen) atoms. The van der Waals surface area contributed by atoms with Crippen molar-refractivity contribution in [3.63, 3.8) is 0 Å². The molecule has 0 atom stereocenters. The van der Waals surface area contributed by atoms with Crippen molar-refractivity contribution < 1.29 is 19.1 Å². The van der Waals surface area contributed by atoms with Crippen LogP contribution in [0, 0.1) is 13.8 Å². The Morgan fingerprint density at radius 2 is 1.72 bits per heavy atom. The molecule has 1 saturated heterocycles. The first-order valence-corrected chi connectivity index (χ1v) is 9.21. The van der Waals surface area contributed by atoms with E-state index in [2.05, 4.69) is 16.0 Å². The topological polar surface area (TPSA) is 96.5 Å². The number of benzene rings is 2. The van der Waals surface area contributed by atoms with E-state index in [9.17, 15) is 14.4 Å². The van der Waals surface area contributed by atoms with Crippen LogP contribution in [0.1, 0.15) is 16.7 Å². The van der Waals surface area contributed by atoms with Gasteiger partial charge in [-0.15, -0.1) is 0 Å². The monoisotopic (exact) mass is 409 g/mol. The van der Waals surface area contributed by atoms with Gasteiger partial charge in [0, 0.05) is 5.69 Å². The number of thiocarbonyl (C=S) groups is 1. The molecule has 148 valence electrons. The Labute approximate surface area is 173 Å². The van der Waals surface area contributed by atoms with E-state index in [1.807, 2.05) is 32.0 Å². The van der Waals surface area contributed by atoms with E-state index in [0.29, 0.717) is 11.3 Å². The van der Waals surface area contributed by atoms with Gasteiger partial charge in [0.1, 0.15) is 11.3 Å². The summed E-state index contributed by atoms with van der Waals surface area (Å²) in [6.07, 6.45) is 1.45. The largest absolute Gasteiger partial charge is 0.484 e. The van der Waals surface area contributed by atoms with Crippen molar-refractivity contribution in [3.8, 4) is 5.75 Å². The molecule has 0 unspecified atom stereocenters. The van der Waals surface area contributed by atoms with Crippen LogP contribution in [-0.2, 0) is 14.4 Å². The standard InChI is InChI=1S/C21H19N3O4S/c1-12-4-3-5-17(13(12)2)22-18(25)11-28-15-8-6-14(7-9-15)10-16-19(26)23-21(29)24-20(16)27/h3-10H,11H2,1-2H3,(H,22,25)(H2,23,24,26,27,29). The maximum atomic E-state index is 12.1. The Bertz CT molecular complexity index is 1010. The highest BCUT2D eigenvalue weighted by Gasteiger charge is 2.25. The zero-order valence-electron chi connectivity index (χ0n) is 15.9. The minimum atomic E-state index is -0.554. The summed E-state index contributed by atoms with van der Waals surface area (Å²) in [5.74, 6) is -0.886. The summed E-state index contributed by atoms with van der Waals surface area (Å²) >= 11 is 4.76. The van der Waals surface area contributed by atoms with Gasteiger partial charge in [0.05, 0.1) is 0 Å². The van der Waals surface area contributed by atoms with Crippen LogP contribution in [-0.4, -0.2) is 29.4 Å². The van der Waals surface area contributed by atoms with Gasteiger partial charge in [-0.1, -0.05) is 24.3 Å². The number of rotatable bonds is 5. The van der Waals surface area contributed by atoms with Crippen LogP contribution < -0.4 is 20.7 Å². The fourth-order valence-electron chi connectivity index (χ4n) is 2.65. The summed E-state index contributed by atoms with van der Waals surface area (Å²) < 4.78 is 5.50. The second kappa shape index (κ2) is 8.66. The molecule has 3 amide bonds. The molecule has 0 spiro atoms. The number of carbonyl (C=O) groups excluding carboxylic acids is 3. The van der Waals surface area contributed by atoms with Gasteiger partial charge < -0.3 is 10.1 Å². The van der Waals surface area contributed by atoms with Crippen molar-refractivity contribution in [2.75, 3.05) is 11.9 Å². The molecule has 3 rings (SSSR count). The molecule has 3 N–H and O–H groups in total. The molecule has 0 bridgehead atoms. The lowest BCUT2D eigenvalue weighted by Crippen LogP contribution is -2.51. The Morgan fingerprint density at radius 1 is 1.07 bits per heavy atom. The molecule has 1 aliphatic rings. The molecular weight excluding hydrogens is 390 g/mol. The number of carbonyl (C=O) groups is 3. The minimum absolute atomic E-state index is 0.0139. The SMILES string of the molecule is Cc1cccc(NC(=O)COc2ccc(C=C3C(=O)NC(=S)NC3=O)cc2)c1C. The molecule has 0 radical (unpaired) electrons. The van der Waals surface area contributed by atoms with E-state index in [0.717, 1.165) is 16.8 Å². The second-order valence-corrected chi connectivity index (χ2v) is 6.86. The number of hydrogen-bond acceptors (Lipinski definition) is 5. The number of anilines is 1. The van der Waals surface area contributed by atoms with Crippen molar-refractivity contribution >= 4 is 46.8 Å². The van der Waals surface area contributed by atoms with E-state index in [1.165, 1.54) is 6.08 Å². The van der Waals surface area contributed by atoms with Crippen LogP contribution in [0.5, 0.6) is 5.75 Å². The van der Waals surface area contributed by atoms with Crippen LogP contribution in [0.4, 0.5) is 5.69 Å². The van der Waals surface area contributed by atoms with Crippen molar-refractivity contribution in [3.05, 3.63) is 64.7 Å². The number of hydrogen-bond donors (Lipinski definition) is 3. The third-order valence-electron chi connectivity index (χ3n) is 4.38. The van der Waals surface area contributed by atoms with Gasteiger partial charge in [-0.05, 0) is 67.0 Å². The van der Waals surface area contributed by atoms with E-state index in [-0.39, 0.29) is 23.2 Å². The van der Waals surface area contributed by atoms with Crippen LogP contribution in [0.3, 0.4) is 0 Å². The zero-order valence-corrected chi connectivity index (χ0v) is 16.7. The van der Waals surface area contributed by atoms with Crippen LogP contribution in [0.15, 0.2) is 48.0 Å². The molecule has 1 fully saturated rings. The van der Waals surface area contributed by atoms with Crippen molar-refractivity contribution in [1.82, 2.24) is 10.6 Å². The predicted octanol–water partition coefficient (Wildman–Crippen LogP) is 2.24. The Morgan fingerprint density at radius 3 is 2.38 bits per heavy atom. The normalized spacial score (nSPS) is 13.4. The predicted molar refractivity (Wildman–Crippen MR) is 113 cm³/mol. The molecule has 0 aromatic heterocycles. The maximum absolute atomic E-state index is 12.1. The molecule has 1 heterocycles. The molecule has 0 aliphatic carbocycles. The summed E-state index contributed by atoms with van der Waals surface area (Å²) in [5.41, 5.74) is 3.44. The number of ether oxygens (including phenoxy) is 1. The average molecular weight is 409 g/mol. The van der Waals surface area contributed by atoms with E-state index >= 15 is 0 Å². The lowest BCUT2D eigenvalue weighted by Gasteiger charge is -2.16. The highest BCUT2D eigenvalue weighted by atomic mass is 32.1. The first-order chi connectivity index (χ1) is 13.8. The molecule has 2 aromatic rings. The summed E-state index contributed by atoms with van der Waals surface area (Å²) in [4.78, 5) is 35.9. The molecule has 8 heteroatoms. The first-order valence-electron chi connectivity index (χ1n) is 8.81. The van der Waals surface area contributed by atoms with E-state index in [4.69, 9.17) is 17.0 Å². The Hall–Kier alpha value is -3.52. The third kappa shape index (κ3) is 5.05. The van der Waals surface area contributed by atoms with Gasteiger partial charge in [0.15, 0.2) is 11.7 Å². The van der Waals surface area contributed by atoms with E-state index < -0.39 is 11.8 Å². The van der Waals surface area contributed by atoms with Crippen molar-refractivity contribution in [2.24, 2.45) is 0 Å². The summed E-state index contributed by atoms with van der Waals surface area (Å²) in [6.45, 7) is 3.78. The van der Waals surface area contributed by atoms with Crippen LogP contribution in [0.25, 0.3) is 6.08 Å². The summed E-state index contributed by atoms with van der Waals surface area (Å²) in [6, 6.07) is 12.4. The van der Waals surface area contributed by atoms with Crippen molar-refractivity contribution in [1.29, 1.82) is 0 Å². The smallest absolute Gasteiger partial charge is 0.263 e. The average Bonchev–Trinajstić information content (AvgIpc) is 2.67. The lowest BCUT2D eigenvalue weighted by atomic mass is 10.1. The van der Waals surface area contributed by atoms with Crippen molar-refractivity contribution in [2.45, 2.75) is 13.8 Å². The highest BCUT2D eigenvalue weighted by Crippen LogP contribution is 2.19.